The first-order valence-corrected chi connectivity index (χ1v) is 11.8. The van der Waals surface area contributed by atoms with E-state index < -0.39 is 10.0 Å². The number of amides is 1. The number of carbonyl (C=O) groups excluding carboxylic acids is 1. The van der Waals surface area contributed by atoms with Crippen LogP contribution >= 0.6 is 11.3 Å². The van der Waals surface area contributed by atoms with Crippen molar-refractivity contribution in [3.63, 3.8) is 0 Å². The summed E-state index contributed by atoms with van der Waals surface area (Å²) in [6.45, 7) is 2.48. The van der Waals surface area contributed by atoms with Gasteiger partial charge in [0, 0.05) is 18.1 Å². The maximum absolute atomic E-state index is 12.4. The molecule has 0 atom stereocenters. The predicted octanol–water partition coefficient (Wildman–Crippen LogP) is 3.57. The van der Waals surface area contributed by atoms with Crippen molar-refractivity contribution in [1.82, 2.24) is 9.45 Å². The average molecular weight is 462 g/mol. The molecule has 0 aliphatic carbocycles. The van der Waals surface area contributed by atoms with E-state index >= 15 is 0 Å². The van der Waals surface area contributed by atoms with Crippen LogP contribution in [0.5, 0.6) is 5.75 Å². The van der Waals surface area contributed by atoms with Gasteiger partial charge in [0.05, 0.1) is 36.3 Å². The lowest BCUT2D eigenvalue weighted by molar-refractivity contribution is -0.115. The highest BCUT2D eigenvalue weighted by Crippen LogP contribution is 2.32. The van der Waals surface area contributed by atoms with Crippen molar-refractivity contribution in [2.75, 3.05) is 26.1 Å². The predicted molar refractivity (Wildman–Crippen MR) is 119 cm³/mol. The number of aromatic nitrogens is 1. The van der Waals surface area contributed by atoms with E-state index in [0.29, 0.717) is 18.0 Å². The minimum absolute atomic E-state index is 0.0620. The molecule has 1 N–H and O–H groups in total. The summed E-state index contributed by atoms with van der Waals surface area (Å²) in [5.74, 6) is 0.504. The fraction of sp³-hybridized carbons (Fsp3) is 0.238. The number of rotatable bonds is 9. The topological polar surface area (TPSA) is 97.8 Å². The summed E-state index contributed by atoms with van der Waals surface area (Å²) in [6, 6.07) is 13.5. The van der Waals surface area contributed by atoms with Crippen LogP contribution in [-0.4, -0.2) is 44.5 Å². The van der Waals surface area contributed by atoms with Gasteiger partial charge >= 0.3 is 0 Å². The Morgan fingerprint density at radius 2 is 1.87 bits per heavy atom. The molecule has 2 aromatic carbocycles. The van der Waals surface area contributed by atoms with E-state index in [9.17, 15) is 13.2 Å². The van der Waals surface area contributed by atoms with Gasteiger partial charge in [-0.05, 0) is 43.3 Å². The number of thiazole rings is 1. The molecule has 1 amide bonds. The number of benzene rings is 2. The fourth-order valence-electron chi connectivity index (χ4n) is 2.76. The van der Waals surface area contributed by atoms with Crippen LogP contribution in [0.2, 0.25) is 0 Å². The average Bonchev–Trinajstić information content (AvgIpc) is 3.22. The number of nitrogens with one attached hydrogen (secondary N) is 1. The fourth-order valence-corrected chi connectivity index (χ4v) is 4.59. The second-order valence-electron chi connectivity index (χ2n) is 6.42. The van der Waals surface area contributed by atoms with Gasteiger partial charge in [-0.25, -0.2) is 13.4 Å². The molecule has 0 bridgehead atoms. The van der Waals surface area contributed by atoms with Gasteiger partial charge in [-0.3, -0.25) is 9.63 Å². The van der Waals surface area contributed by atoms with Gasteiger partial charge in [-0.1, -0.05) is 16.6 Å². The maximum Gasteiger partial charge on any atom is 0.264 e. The molecular formula is C21H23N3O5S2. The monoisotopic (exact) mass is 461 g/mol. The Morgan fingerprint density at radius 1 is 1.16 bits per heavy atom. The van der Waals surface area contributed by atoms with E-state index in [0.717, 1.165) is 20.8 Å². The molecule has 164 valence electrons. The summed E-state index contributed by atoms with van der Waals surface area (Å²) in [4.78, 5) is 21.8. The van der Waals surface area contributed by atoms with Gasteiger partial charge in [-0.2, -0.15) is 0 Å². The molecule has 0 saturated heterocycles. The summed E-state index contributed by atoms with van der Waals surface area (Å²) in [7, 11) is -1.16. The SMILES string of the molecule is CCOc1ccccc1-c1nc(CC(=O)Nc2ccc(S(=O)(=O)N(C)OC)cc2)cs1. The highest BCUT2D eigenvalue weighted by molar-refractivity contribution is 7.89. The Labute approximate surface area is 185 Å². The zero-order valence-electron chi connectivity index (χ0n) is 17.4. The first-order chi connectivity index (χ1) is 14.8. The van der Waals surface area contributed by atoms with E-state index in [1.807, 2.05) is 36.6 Å². The number of anilines is 1. The Kier molecular flexibility index (Phi) is 7.39. The first kappa shape index (κ1) is 22.9. The summed E-state index contributed by atoms with van der Waals surface area (Å²) >= 11 is 1.45. The molecule has 0 fully saturated rings. The minimum Gasteiger partial charge on any atom is -0.493 e. The molecule has 0 aliphatic rings. The minimum atomic E-state index is -3.73. The third-order valence-electron chi connectivity index (χ3n) is 4.34. The number of hydroxylamine groups is 1. The molecule has 0 spiro atoms. The zero-order valence-corrected chi connectivity index (χ0v) is 19.0. The van der Waals surface area contributed by atoms with Gasteiger partial charge in [0.15, 0.2) is 0 Å². The Balaban J connectivity index is 1.66. The third-order valence-corrected chi connectivity index (χ3v) is 6.96. The molecular weight excluding hydrogens is 438 g/mol. The van der Waals surface area contributed by atoms with E-state index in [-0.39, 0.29) is 17.2 Å². The zero-order chi connectivity index (χ0) is 22.4. The number of sulfonamides is 1. The largest absolute Gasteiger partial charge is 0.493 e. The van der Waals surface area contributed by atoms with Crippen LogP contribution < -0.4 is 10.1 Å². The molecule has 3 aromatic rings. The normalized spacial score (nSPS) is 11.5. The third kappa shape index (κ3) is 5.47. The van der Waals surface area contributed by atoms with Crippen LogP contribution in [0, 0.1) is 0 Å². The van der Waals surface area contributed by atoms with Crippen LogP contribution in [0.4, 0.5) is 5.69 Å². The number of ether oxygens (including phenoxy) is 1. The van der Waals surface area contributed by atoms with E-state index in [1.165, 1.54) is 49.8 Å². The van der Waals surface area contributed by atoms with Crippen LogP contribution in [0.25, 0.3) is 10.6 Å². The maximum atomic E-state index is 12.4. The quantitative estimate of drug-likeness (QED) is 0.489. The molecule has 1 aromatic heterocycles. The van der Waals surface area contributed by atoms with Gasteiger partial charge < -0.3 is 10.1 Å². The Bertz CT molecular complexity index is 1140. The van der Waals surface area contributed by atoms with Gasteiger partial charge in [0.1, 0.15) is 10.8 Å². The second kappa shape index (κ2) is 10.0. The van der Waals surface area contributed by atoms with Gasteiger partial charge in [0.2, 0.25) is 5.91 Å². The molecule has 0 aliphatic heterocycles. The summed E-state index contributed by atoms with van der Waals surface area (Å²) < 4.78 is 30.9. The number of hydrogen-bond acceptors (Lipinski definition) is 7. The smallest absolute Gasteiger partial charge is 0.264 e. The Morgan fingerprint density at radius 3 is 2.55 bits per heavy atom. The first-order valence-electron chi connectivity index (χ1n) is 9.44. The molecule has 0 radical (unpaired) electrons. The number of carbonyl (C=O) groups is 1. The summed E-state index contributed by atoms with van der Waals surface area (Å²) in [5, 5.41) is 5.38. The number of hydrogen-bond donors (Lipinski definition) is 1. The second-order valence-corrected chi connectivity index (χ2v) is 9.21. The molecule has 31 heavy (non-hydrogen) atoms. The van der Waals surface area contributed by atoms with E-state index in [1.54, 1.807) is 0 Å². The summed E-state index contributed by atoms with van der Waals surface area (Å²) in [5.41, 5.74) is 2.02. The molecule has 0 saturated carbocycles. The Hall–Kier alpha value is -2.79. The highest BCUT2D eigenvalue weighted by Gasteiger charge is 2.20. The van der Waals surface area contributed by atoms with E-state index in [4.69, 9.17) is 9.57 Å². The van der Waals surface area contributed by atoms with Crippen molar-refractivity contribution >= 4 is 33.0 Å². The van der Waals surface area contributed by atoms with Crippen LogP contribution in [0.1, 0.15) is 12.6 Å². The van der Waals surface area contributed by atoms with Gasteiger partial charge in [-0.15, -0.1) is 11.3 Å². The lowest BCUT2D eigenvalue weighted by Crippen LogP contribution is -2.25. The number of nitrogens with zero attached hydrogens (tertiary/aromatic N) is 2. The van der Waals surface area contributed by atoms with Crippen molar-refractivity contribution < 1.29 is 22.8 Å². The lowest BCUT2D eigenvalue weighted by atomic mass is 10.2. The molecule has 10 heteroatoms. The van der Waals surface area contributed by atoms with Crippen molar-refractivity contribution in [1.29, 1.82) is 0 Å². The standard InChI is InChI=1S/C21H23N3O5S2/c1-4-29-19-8-6-5-7-18(19)21-23-16(14-30-21)13-20(25)22-15-9-11-17(12-10-15)31(26,27)24(2)28-3/h5-12,14H,4,13H2,1-3H3,(H,22,25). The van der Waals surface area contributed by atoms with Crippen LogP contribution in [0.15, 0.2) is 58.8 Å². The summed E-state index contributed by atoms with van der Waals surface area (Å²) in [6.07, 6.45) is 0.0970. The lowest BCUT2D eigenvalue weighted by Gasteiger charge is -2.14. The molecule has 3 rings (SSSR count). The molecule has 1 heterocycles. The van der Waals surface area contributed by atoms with Crippen molar-refractivity contribution in [2.45, 2.75) is 18.2 Å². The van der Waals surface area contributed by atoms with Crippen LogP contribution in [0.3, 0.4) is 0 Å². The number of para-hydroxylation sites is 1. The van der Waals surface area contributed by atoms with Crippen molar-refractivity contribution in [2.24, 2.45) is 0 Å². The van der Waals surface area contributed by atoms with Crippen LogP contribution in [-0.2, 0) is 26.1 Å². The highest BCUT2D eigenvalue weighted by atomic mass is 32.2. The van der Waals surface area contributed by atoms with E-state index in [2.05, 4.69) is 10.3 Å². The van der Waals surface area contributed by atoms with Crippen molar-refractivity contribution in [3.8, 4) is 16.3 Å². The molecule has 8 nitrogen and oxygen atoms in total. The van der Waals surface area contributed by atoms with Gasteiger partial charge in [0.25, 0.3) is 10.0 Å². The molecule has 0 unspecified atom stereocenters. The van der Waals surface area contributed by atoms with Crippen molar-refractivity contribution in [3.05, 3.63) is 59.6 Å².